The highest BCUT2D eigenvalue weighted by Gasteiger charge is 2.23. The highest BCUT2D eigenvalue weighted by atomic mass is 32.1. The predicted molar refractivity (Wildman–Crippen MR) is 278 cm³/mol. The maximum Gasteiger partial charge on any atom is 0.136 e. The average molecular weight is 846 g/mol. The van der Waals surface area contributed by atoms with E-state index in [9.17, 15) is 0 Å². The minimum absolute atomic E-state index is 0.898. The van der Waals surface area contributed by atoms with E-state index in [-0.39, 0.29) is 0 Å². The molecule has 2 nitrogen and oxygen atoms in total. The Morgan fingerprint density at radius 1 is 0.308 bits per heavy atom. The fourth-order valence-electron chi connectivity index (χ4n) is 10.1. The summed E-state index contributed by atoms with van der Waals surface area (Å²) in [6.07, 6.45) is 0. The normalized spacial score (nSPS) is 11.7. The van der Waals surface area contributed by atoms with E-state index in [1.54, 1.807) is 0 Å². The second-order valence-electron chi connectivity index (χ2n) is 16.7. The van der Waals surface area contributed by atoms with Crippen molar-refractivity contribution in [1.29, 1.82) is 0 Å². The second-order valence-corrected chi connectivity index (χ2v) is 17.8. The van der Waals surface area contributed by atoms with Crippen LogP contribution in [0.3, 0.4) is 0 Å². The molecule has 0 aliphatic rings. The lowest BCUT2D eigenvalue weighted by atomic mass is 9.92. The zero-order valence-electron chi connectivity index (χ0n) is 35.3. The Morgan fingerprint density at radius 3 is 1.55 bits per heavy atom. The van der Waals surface area contributed by atoms with Crippen molar-refractivity contribution in [1.82, 2.24) is 0 Å². The van der Waals surface area contributed by atoms with Crippen LogP contribution in [0.4, 0.5) is 17.1 Å². The van der Waals surface area contributed by atoms with Gasteiger partial charge >= 0.3 is 0 Å². The van der Waals surface area contributed by atoms with Crippen molar-refractivity contribution < 1.29 is 4.42 Å². The fraction of sp³-hybridized carbons (Fsp3) is 0. The van der Waals surface area contributed by atoms with Crippen molar-refractivity contribution in [3.63, 3.8) is 0 Å². The van der Waals surface area contributed by atoms with E-state index in [0.29, 0.717) is 0 Å². The Balaban J connectivity index is 0.997. The third-order valence-electron chi connectivity index (χ3n) is 13.1. The van der Waals surface area contributed by atoms with E-state index in [1.165, 1.54) is 75.1 Å². The van der Waals surface area contributed by atoms with Crippen LogP contribution in [0.1, 0.15) is 0 Å². The number of hydrogen-bond donors (Lipinski definition) is 0. The SMILES string of the molecule is c1ccc(-c2cccc3oc4ccccc4c23)c(-c2ccc(N(c3ccc(-c4cccc5ccccc45)cc3)c3ccc(-c4cccc5ccccc45)c4sc5ccccc5c34)cc2)c1. The van der Waals surface area contributed by atoms with Crippen LogP contribution in [0, 0.1) is 0 Å². The zero-order valence-corrected chi connectivity index (χ0v) is 36.1. The quantitative estimate of drug-likeness (QED) is 0.159. The third-order valence-corrected chi connectivity index (χ3v) is 14.3. The molecule has 13 rings (SSSR count). The molecule has 0 aliphatic carbocycles. The van der Waals surface area contributed by atoms with E-state index >= 15 is 0 Å². The van der Waals surface area contributed by atoms with Crippen LogP contribution in [0.5, 0.6) is 0 Å². The van der Waals surface area contributed by atoms with E-state index in [4.69, 9.17) is 4.42 Å². The van der Waals surface area contributed by atoms with E-state index in [2.05, 4.69) is 235 Å². The number of anilines is 3. The number of hydrogen-bond acceptors (Lipinski definition) is 3. The van der Waals surface area contributed by atoms with Crippen molar-refractivity contribution in [2.75, 3.05) is 4.90 Å². The van der Waals surface area contributed by atoms with Gasteiger partial charge in [0.25, 0.3) is 0 Å². The molecule has 0 atom stereocenters. The molecule has 0 fully saturated rings. The van der Waals surface area contributed by atoms with E-state index in [0.717, 1.165) is 50.1 Å². The fourth-order valence-corrected chi connectivity index (χ4v) is 11.4. The lowest BCUT2D eigenvalue weighted by molar-refractivity contribution is 0.669. The molecule has 13 aromatic rings. The first-order valence-corrected chi connectivity index (χ1v) is 23.0. The Bertz CT molecular complexity index is 3940. The van der Waals surface area contributed by atoms with Gasteiger partial charge in [0.15, 0.2) is 0 Å². The summed E-state index contributed by atoms with van der Waals surface area (Å²) < 4.78 is 8.89. The molecule has 0 radical (unpaired) electrons. The molecule has 2 aromatic heterocycles. The standard InChI is InChI=1S/C62H39NOS/c1-3-18-46-40(14-1)16-11-24-47(46)42-30-34-44(35-31-42)63(56-39-38-53(51-25-12-17-41-15-2-4-19-48(41)51)62-61(56)55-23-8-10-29-59(55)65-62)45-36-32-43(33-37-45)49-20-5-6-21-50(49)52-26-13-28-58-60(52)54-22-7-9-27-57(54)64-58/h1-39H. The van der Waals surface area contributed by atoms with Crippen molar-refractivity contribution in [3.8, 4) is 44.5 Å². The Kier molecular flexibility index (Phi) is 8.75. The molecule has 0 aliphatic heterocycles. The number of para-hydroxylation sites is 1. The minimum Gasteiger partial charge on any atom is -0.456 e. The van der Waals surface area contributed by atoms with Gasteiger partial charge in [0, 0.05) is 47.9 Å². The topological polar surface area (TPSA) is 16.4 Å². The highest BCUT2D eigenvalue weighted by Crippen LogP contribution is 2.50. The zero-order chi connectivity index (χ0) is 42.8. The van der Waals surface area contributed by atoms with Crippen LogP contribution in [0.2, 0.25) is 0 Å². The van der Waals surface area contributed by atoms with Crippen molar-refractivity contribution in [3.05, 3.63) is 237 Å². The van der Waals surface area contributed by atoms with Gasteiger partial charge in [-0.3, -0.25) is 0 Å². The number of benzene rings is 11. The van der Waals surface area contributed by atoms with Gasteiger partial charge in [-0.05, 0) is 109 Å². The summed E-state index contributed by atoms with van der Waals surface area (Å²) in [5.41, 5.74) is 14.7. The Morgan fingerprint density at radius 2 is 0.815 bits per heavy atom. The first-order chi connectivity index (χ1) is 32.2. The number of fused-ring (bicyclic) bond motifs is 8. The van der Waals surface area contributed by atoms with Crippen molar-refractivity contribution in [2.24, 2.45) is 0 Å². The van der Waals surface area contributed by atoms with Gasteiger partial charge in [0.1, 0.15) is 11.2 Å². The van der Waals surface area contributed by atoms with Crippen LogP contribution < -0.4 is 4.90 Å². The summed E-state index contributed by atoms with van der Waals surface area (Å²) in [5, 5.41) is 9.78. The molecule has 0 saturated heterocycles. The van der Waals surface area contributed by atoms with Gasteiger partial charge in [-0.15, -0.1) is 11.3 Å². The van der Waals surface area contributed by atoms with Gasteiger partial charge in [-0.1, -0.05) is 188 Å². The molecular weight excluding hydrogens is 807 g/mol. The van der Waals surface area contributed by atoms with Crippen LogP contribution in [0.25, 0.3) is 108 Å². The van der Waals surface area contributed by atoms with Crippen LogP contribution in [0.15, 0.2) is 241 Å². The first kappa shape index (κ1) is 37.3. The Labute approximate surface area is 380 Å². The largest absolute Gasteiger partial charge is 0.456 e. The molecule has 11 aromatic carbocycles. The lowest BCUT2D eigenvalue weighted by Crippen LogP contribution is -2.10. The third kappa shape index (κ3) is 6.16. The number of thiophene rings is 1. The van der Waals surface area contributed by atoms with Gasteiger partial charge in [-0.2, -0.15) is 0 Å². The number of furan rings is 1. The molecule has 2 heterocycles. The summed E-state index contributed by atoms with van der Waals surface area (Å²) in [6.45, 7) is 0. The highest BCUT2D eigenvalue weighted by molar-refractivity contribution is 7.26. The number of rotatable bonds is 7. The van der Waals surface area contributed by atoms with Gasteiger partial charge in [-0.25, -0.2) is 0 Å². The van der Waals surface area contributed by atoms with E-state index in [1.807, 2.05) is 17.4 Å². The number of nitrogens with zero attached hydrogens (tertiary/aromatic N) is 1. The van der Waals surface area contributed by atoms with Crippen LogP contribution >= 0.6 is 11.3 Å². The summed E-state index contributed by atoms with van der Waals surface area (Å²) in [5.74, 6) is 0. The maximum absolute atomic E-state index is 6.34. The van der Waals surface area contributed by atoms with Crippen LogP contribution in [-0.4, -0.2) is 0 Å². The molecule has 0 unspecified atom stereocenters. The van der Waals surface area contributed by atoms with Gasteiger partial charge < -0.3 is 9.32 Å². The molecular formula is C62H39NOS. The first-order valence-electron chi connectivity index (χ1n) is 22.2. The monoisotopic (exact) mass is 845 g/mol. The molecule has 0 spiro atoms. The summed E-state index contributed by atoms with van der Waals surface area (Å²) in [4.78, 5) is 2.45. The summed E-state index contributed by atoms with van der Waals surface area (Å²) in [7, 11) is 0. The molecule has 0 bridgehead atoms. The van der Waals surface area contributed by atoms with Gasteiger partial charge in [0.2, 0.25) is 0 Å². The minimum atomic E-state index is 0.898. The molecule has 65 heavy (non-hydrogen) atoms. The smallest absolute Gasteiger partial charge is 0.136 e. The molecule has 0 N–H and O–H groups in total. The summed E-state index contributed by atoms with van der Waals surface area (Å²) in [6, 6.07) is 86.0. The van der Waals surface area contributed by atoms with Crippen molar-refractivity contribution >= 4 is 92.1 Å². The maximum atomic E-state index is 6.34. The van der Waals surface area contributed by atoms with Gasteiger partial charge in [0.05, 0.1) is 5.69 Å². The predicted octanol–water partition coefficient (Wildman–Crippen LogP) is 18.4. The molecule has 3 heteroatoms. The van der Waals surface area contributed by atoms with Crippen LogP contribution in [-0.2, 0) is 0 Å². The Hall–Kier alpha value is -8.24. The van der Waals surface area contributed by atoms with E-state index < -0.39 is 0 Å². The second kappa shape index (κ2) is 15.2. The van der Waals surface area contributed by atoms with Crippen molar-refractivity contribution in [2.45, 2.75) is 0 Å². The summed E-state index contributed by atoms with van der Waals surface area (Å²) >= 11 is 1.88. The molecule has 0 saturated carbocycles. The molecule has 304 valence electrons. The lowest BCUT2D eigenvalue weighted by Gasteiger charge is -2.27. The molecule has 0 amide bonds. The average Bonchev–Trinajstić information content (AvgIpc) is 3.96.